The average molecular weight is 240 g/mol. The summed E-state index contributed by atoms with van der Waals surface area (Å²) in [5.41, 5.74) is 6.16. The number of rotatable bonds is 6. The Kier molecular flexibility index (Phi) is 5.38. The van der Waals surface area contributed by atoms with E-state index in [4.69, 9.17) is 5.73 Å². The number of nitrogens with one attached hydrogen (secondary N) is 1. The summed E-state index contributed by atoms with van der Waals surface area (Å²) in [6.45, 7) is 5.63. The molecule has 0 aliphatic heterocycles. The predicted molar refractivity (Wildman–Crippen MR) is 68.1 cm³/mol. The number of benzene rings is 1. The van der Waals surface area contributed by atoms with Crippen molar-refractivity contribution >= 4 is 5.69 Å². The Morgan fingerprint density at radius 1 is 1.41 bits per heavy atom. The van der Waals surface area contributed by atoms with Gasteiger partial charge in [0.25, 0.3) is 0 Å². The van der Waals surface area contributed by atoms with Crippen LogP contribution in [-0.4, -0.2) is 18.2 Å². The molecule has 4 N–H and O–H groups in total. The van der Waals surface area contributed by atoms with Crippen molar-refractivity contribution in [2.24, 2.45) is 5.92 Å². The molecule has 0 saturated heterocycles. The van der Waals surface area contributed by atoms with Gasteiger partial charge in [0.15, 0.2) is 0 Å². The van der Waals surface area contributed by atoms with Crippen molar-refractivity contribution in [2.75, 3.05) is 18.8 Å². The van der Waals surface area contributed by atoms with Crippen LogP contribution in [0.5, 0.6) is 0 Å². The van der Waals surface area contributed by atoms with Crippen LogP contribution in [0.3, 0.4) is 0 Å². The van der Waals surface area contributed by atoms with Gasteiger partial charge < -0.3 is 16.2 Å². The molecule has 96 valence electrons. The fraction of sp³-hybridized carbons (Fsp3) is 0.538. The Labute approximate surface area is 102 Å². The molecule has 1 aromatic carbocycles. The summed E-state index contributed by atoms with van der Waals surface area (Å²) in [6.07, 6.45) is 0.420. The minimum Gasteiger partial charge on any atom is -0.396 e. The van der Waals surface area contributed by atoms with E-state index in [-0.39, 0.29) is 5.69 Å². The standard InChI is InChI=1S/C13H21FN2O/c1-9(2)5-6-16-8-13(17)10-3-4-11(14)12(15)7-10/h3-4,7,9,13,16-17H,5-6,8,15H2,1-2H3. The lowest BCUT2D eigenvalue weighted by Gasteiger charge is -2.13. The lowest BCUT2D eigenvalue weighted by Crippen LogP contribution is -2.23. The van der Waals surface area contributed by atoms with E-state index < -0.39 is 11.9 Å². The predicted octanol–water partition coefficient (Wildman–Crippen LogP) is 2.08. The highest BCUT2D eigenvalue weighted by Gasteiger charge is 2.09. The van der Waals surface area contributed by atoms with Crippen molar-refractivity contribution in [3.8, 4) is 0 Å². The van der Waals surface area contributed by atoms with Crippen molar-refractivity contribution in [3.05, 3.63) is 29.6 Å². The number of nitrogen functional groups attached to an aromatic ring is 1. The second-order valence-corrected chi connectivity index (χ2v) is 4.68. The number of aliphatic hydroxyl groups is 1. The third kappa shape index (κ3) is 4.71. The SMILES string of the molecule is CC(C)CCNCC(O)c1ccc(F)c(N)c1. The molecule has 0 saturated carbocycles. The second-order valence-electron chi connectivity index (χ2n) is 4.68. The molecular formula is C13H21FN2O. The quantitative estimate of drug-likeness (QED) is 0.527. The largest absolute Gasteiger partial charge is 0.396 e. The highest BCUT2D eigenvalue weighted by molar-refractivity contribution is 5.43. The fourth-order valence-corrected chi connectivity index (χ4v) is 1.52. The van der Waals surface area contributed by atoms with E-state index in [1.54, 1.807) is 6.07 Å². The highest BCUT2D eigenvalue weighted by Crippen LogP contribution is 2.18. The first-order valence-corrected chi connectivity index (χ1v) is 5.94. The minimum absolute atomic E-state index is 0.0729. The van der Waals surface area contributed by atoms with Crippen LogP contribution >= 0.6 is 0 Å². The third-order valence-corrected chi connectivity index (χ3v) is 2.64. The molecule has 4 heteroatoms. The molecule has 0 aliphatic carbocycles. The van der Waals surface area contributed by atoms with Crippen LogP contribution in [0.15, 0.2) is 18.2 Å². The van der Waals surface area contributed by atoms with E-state index in [0.717, 1.165) is 13.0 Å². The number of halogens is 1. The molecule has 1 aromatic rings. The summed E-state index contributed by atoms with van der Waals surface area (Å²) in [7, 11) is 0. The number of hydrogen-bond donors (Lipinski definition) is 3. The molecule has 0 aliphatic rings. The fourth-order valence-electron chi connectivity index (χ4n) is 1.52. The van der Waals surface area contributed by atoms with Gasteiger partial charge in [-0.1, -0.05) is 19.9 Å². The van der Waals surface area contributed by atoms with Crippen molar-refractivity contribution in [1.29, 1.82) is 0 Å². The summed E-state index contributed by atoms with van der Waals surface area (Å²) in [6, 6.07) is 4.31. The Hall–Kier alpha value is -1.13. The molecule has 1 atom stereocenters. The van der Waals surface area contributed by atoms with Crippen LogP contribution in [0, 0.1) is 11.7 Å². The van der Waals surface area contributed by atoms with E-state index in [2.05, 4.69) is 19.2 Å². The van der Waals surface area contributed by atoms with Gasteiger partial charge in [0, 0.05) is 6.54 Å². The number of anilines is 1. The highest BCUT2D eigenvalue weighted by atomic mass is 19.1. The van der Waals surface area contributed by atoms with Crippen LogP contribution in [0.4, 0.5) is 10.1 Å². The summed E-state index contributed by atoms with van der Waals surface area (Å²) in [5, 5.41) is 13.0. The second kappa shape index (κ2) is 6.57. The first-order valence-electron chi connectivity index (χ1n) is 5.94. The number of nitrogens with two attached hydrogens (primary N) is 1. The normalized spacial score (nSPS) is 13.0. The minimum atomic E-state index is -0.648. The van der Waals surface area contributed by atoms with E-state index >= 15 is 0 Å². The smallest absolute Gasteiger partial charge is 0.146 e. The van der Waals surface area contributed by atoms with Crippen molar-refractivity contribution in [3.63, 3.8) is 0 Å². The molecule has 17 heavy (non-hydrogen) atoms. The molecule has 1 rings (SSSR count). The maximum absolute atomic E-state index is 12.9. The Bertz CT molecular complexity index is 355. The van der Waals surface area contributed by atoms with E-state index in [1.807, 2.05) is 0 Å². The molecule has 0 bridgehead atoms. The van der Waals surface area contributed by atoms with Gasteiger partial charge in [0.2, 0.25) is 0 Å². The lowest BCUT2D eigenvalue weighted by molar-refractivity contribution is 0.174. The number of aliphatic hydroxyl groups excluding tert-OH is 1. The van der Waals surface area contributed by atoms with Crippen LogP contribution in [-0.2, 0) is 0 Å². The van der Waals surface area contributed by atoms with Gasteiger partial charge in [-0.15, -0.1) is 0 Å². The van der Waals surface area contributed by atoms with E-state index in [1.165, 1.54) is 12.1 Å². The van der Waals surface area contributed by atoms with Crippen LogP contribution < -0.4 is 11.1 Å². The molecule has 0 spiro atoms. The van der Waals surface area contributed by atoms with Crippen molar-refractivity contribution in [2.45, 2.75) is 26.4 Å². The molecule has 0 heterocycles. The molecule has 0 fully saturated rings. The van der Waals surface area contributed by atoms with Gasteiger partial charge in [-0.25, -0.2) is 4.39 Å². The monoisotopic (exact) mass is 240 g/mol. The van der Waals surface area contributed by atoms with Gasteiger partial charge in [0.05, 0.1) is 11.8 Å². The molecule has 1 unspecified atom stereocenters. The topological polar surface area (TPSA) is 58.3 Å². The average Bonchev–Trinajstić information content (AvgIpc) is 2.27. The third-order valence-electron chi connectivity index (χ3n) is 2.64. The molecule has 0 aromatic heterocycles. The van der Waals surface area contributed by atoms with Gasteiger partial charge in [-0.2, -0.15) is 0 Å². The van der Waals surface area contributed by atoms with Crippen LogP contribution in [0.1, 0.15) is 31.9 Å². The zero-order valence-electron chi connectivity index (χ0n) is 10.4. The van der Waals surface area contributed by atoms with E-state index in [9.17, 15) is 9.50 Å². The van der Waals surface area contributed by atoms with Crippen molar-refractivity contribution < 1.29 is 9.50 Å². The van der Waals surface area contributed by atoms with Crippen LogP contribution in [0.2, 0.25) is 0 Å². The summed E-state index contributed by atoms with van der Waals surface area (Å²) in [4.78, 5) is 0. The van der Waals surface area contributed by atoms with Crippen LogP contribution in [0.25, 0.3) is 0 Å². The maximum atomic E-state index is 12.9. The van der Waals surface area contributed by atoms with Crippen molar-refractivity contribution in [1.82, 2.24) is 5.32 Å². The first kappa shape index (κ1) is 13.9. The Morgan fingerprint density at radius 2 is 2.12 bits per heavy atom. The molecule has 0 amide bonds. The number of hydrogen-bond acceptors (Lipinski definition) is 3. The van der Waals surface area contributed by atoms with E-state index in [0.29, 0.717) is 18.0 Å². The summed E-state index contributed by atoms with van der Waals surface area (Å²) in [5.74, 6) is 0.190. The maximum Gasteiger partial charge on any atom is 0.146 e. The van der Waals surface area contributed by atoms with Gasteiger partial charge in [-0.05, 0) is 36.6 Å². The molecule has 3 nitrogen and oxygen atoms in total. The molecular weight excluding hydrogens is 219 g/mol. The lowest BCUT2D eigenvalue weighted by atomic mass is 10.1. The zero-order chi connectivity index (χ0) is 12.8. The molecule has 0 radical (unpaired) electrons. The summed E-state index contributed by atoms with van der Waals surface area (Å²) < 4.78 is 12.9. The van der Waals surface area contributed by atoms with Gasteiger partial charge in [-0.3, -0.25) is 0 Å². The van der Waals surface area contributed by atoms with Gasteiger partial charge >= 0.3 is 0 Å². The Balaban J connectivity index is 2.41. The first-order chi connectivity index (χ1) is 8.00. The zero-order valence-corrected chi connectivity index (χ0v) is 10.4. The van der Waals surface area contributed by atoms with Gasteiger partial charge in [0.1, 0.15) is 5.82 Å². The Morgan fingerprint density at radius 3 is 2.71 bits per heavy atom. The summed E-state index contributed by atoms with van der Waals surface area (Å²) >= 11 is 0.